The SMILES string of the molecule is CC12CC3CC(C)(C1)CC(N1CCC(=O)C1)(C3)C2. The molecule has 0 aromatic carbocycles. The number of nitrogens with zero attached hydrogens (tertiary/aromatic N) is 1. The molecule has 1 saturated heterocycles. The summed E-state index contributed by atoms with van der Waals surface area (Å²) < 4.78 is 0. The number of likely N-dealkylation sites (tertiary alicyclic amines) is 1. The smallest absolute Gasteiger partial charge is 0.148 e. The molecule has 0 aromatic heterocycles. The van der Waals surface area contributed by atoms with E-state index >= 15 is 0 Å². The first-order valence-electron chi connectivity index (χ1n) is 7.67. The van der Waals surface area contributed by atoms with Crippen molar-refractivity contribution in [2.24, 2.45) is 16.7 Å². The van der Waals surface area contributed by atoms with E-state index in [0.29, 0.717) is 22.2 Å². The average molecular weight is 247 g/mol. The molecule has 2 atom stereocenters. The Hall–Kier alpha value is -0.370. The molecule has 5 rings (SSSR count). The minimum Gasteiger partial charge on any atom is -0.298 e. The lowest BCUT2D eigenvalue weighted by Crippen LogP contribution is -2.64. The molecule has 2 nitrogen and oxygen atoms in total. The van der Waals surface area contributed by atoms with E-state index in [9.17, 15) is 4.79 Å². The first-order valence-corrected chi connectivity index (χ1v) is 7.67. The Balaban J connectivity index is 1.71. The third-order valence-electron chi connectivity index (χ3n) is 6.30. The molecule has 18 heavy (non-hydrogen) atoms. The molecule has 0 N–H and O–H groups in total. The topological polar surface area (TPSA) is 20.3 Å². The number of hydrogen-bond donors (Lipinski definition) is 0. The van der Waals surface area contributed by atoms with Crippen LogP contribution in [0, 0.1) is 16.7 Å². The van der Waals surface area contributed by atoms with Gasteiger partial charge in [-0.15, -0.1) is 0 Å². The van der Waals surface area contributed by atoms with Gasteiger partial charge in [-0.25, -0.2) is 0 Å². The molecular weight excluding hydrogens is 222 g/mol. The van der Waals surface area contributed by atoms with Crippen molar-refractivity contribution in [3.8, 4) is 0 Å². The van der Waals surface area contributed by atoms with Gasteiger partial charge in [-0.1, -0.05) is 13.8 Å². The number of rotatable bonds is 1. The molecule has 0 spiro atoms. The fraction of sp³-hybridized carbons (Fsp3) is 0.938. The number of ketones is 1. The van der Waals surface area contributed by atoms with E-state index in [1.807, 2.05) is 0 Å². The van der Waals surface area contributed by atoms with Crippen LogP contribution in [0.2, 0.25) is 0 Å². The van der Waals surface area contributed by atoms with Gasteiger partial charge >= 0.3 is 0 Å². The molecule has 2 unspecified atom stereocenters. The molecular formula is C16H25NO. The summed E-state index contributed by atoms with van der Waals surface area (Å²) in [6, 6.07) is 0. The molecule has 5 fully saturated rings. The van der Waals surface area contributed by atoms with E-state index in [2.05, 4.69) is 18.7 Å². The van der Waals surface area contributed by atoms with Crippen LogP contribution < -0.4 is 0 Å². The van der Waals surface area contributed by atoms with E-state index in [0.717, 1.165) is 25.4 Å². The van der Waals surface area contributed by atoms with Crippen LogP contribution in [-0.4, -0.2) is 29.3 Å². The van der Waals surface area contributed by atoms with E-state index in [1.165, 1.54) is 38.5 Å². The van der Waals surface area contributed by atoms with Crippen LogP contribution in [0.25, 0.3) is 0 Å². The van der Waals surface area contributed by atoms with Gasteiger partial charge in [0.2, 0.25) is 0 Å². The Morgan fingerprint density at radius 3 is 2.22 bits per heavy atom. The first kappa shape index (κ1) is 11.5. The van der Waals surface area contributed by atoms with Crippen molar-refractivity contribution in [3.63, 3.8) is 0 Å². The van der Waals surface area contributed by atoms with Crippen LogP contribution in [0.5, 0.6) is 0 Å². The number of Topliss-reactive ketones (excluding diaryl/α,β-unsaturated/α-hetero) is 1. The summed E-state index contributed by atoms with van der Waals surface area (Å²) in [5.74, 6) is 1.41. The van der Waals surface area contributed by atoms with Crippen molar-refractivity contribution in [1.82, 2.24) is 4.90 Å². The van der Waals surface area contributed by atoms with Gasteiger partial charge in [0, 0.05) is 18.5 Å². The molecule has 0 radical (unpaired) electrons. The van der Waals surface area contributed by atoms with Crippen molar-refractivity contribution in [2.75, 3.05) is 13.1 Å². The Kier molecular flexibility index (Phi) is 2.04. The molecule has 1 heterocycles. The number of hydrogen-bond acceptors (Lipinski definition) is 2. The standard InChI is InChI=1S/C16H25NO/c1-14-5-12-6-15(2,9-14)11-16(7-12,10-14)17-4-3-13(18)8-17/h12H,3-11H2,1-2H3. The van der Waals surface area contributed by atoms with Crippen LogP contribution >= 0.6 is 0 Å². The summed E-state index contributed by atoms with van der Waals surface area (Å²) in [5, 5.41) is 0. The van der Waals surface area contributed by atoms with Crippen molar-refractivity contribution < 1.29 is 4.79 Å². The second-order valence-electron chi connectivity index (χ2n) is 8.56. The number of carbonyl (C=O) groups excluding carboxylic acids is 1. The zero-order valence-corrected chi connectivity index (χ0v) is 11.8. The van der Waals surface area contributed by atoms with E-state index < -0.39 is 0 Å². The number of carbonyl (C=O) groups is 1. The average Bonchev–Trinajstić information content (AvgIpc) is 2.59. The van der Waals surface area contributed by atoms with Crippen LogP contribution in [-0.2, 0) is 4.79 Å². The minimum absolute atomic E-state index is 0.398. The highest BCUT2D eigenvalue weighted by atomic mass is 16.1. The lowest BCUT2D eigenvalue weighted by molar-refractivity contribution is -0.158. The Bertz CT molecular complexity index is 397. The van der Waals surface area contributed by atoms with Crippen molar-refractivity contribution in [2.45, 2.75) is 64.3 Å². The summed E-state index contributed by atoms with van der Waals surface area (Å²) >= 11 is 0. The van der Waals surface area contributed by atoms with Gasteiger partial charge in [-0.05, 0) is 55.3 Å². The largest absolute Gasteiger partial charge is 0.298 e. The zero-order chi connectivity index (χ0) is 12.6. The quantitative estimate of drug-likeness (QED) is 0.710. The maximum Gasteiger partial charge on any atom is 0.148 e. The first-order chi connectivity index (χ1) is 8.41. The van der Waals surface area contributed by atoms with Crippen LogP contribution in [0.4, 0.5) is 0 Å². The monoisotopic (exact) mass is 247 g/mol. The highest BCUT2D eigenvalue weighted by Crippen LogP contribution is 2.67. The summed E-state index contributed by atoms with van der Waals surface area (Å²) in [6.45, 7) is 6.82. The van der Waals surface area contributed by atoms with Gasteiger partial charge in [-0.3, -0.25) is 9.69 Å². The van der Waals surface area contributed by atoms with Gasteiger partial charge < -0.3 is 0 Å². The molecule has 0 aromatic rings. The Morgan fingerprint density at radius 1 is 1.06 bits per heavy atom. The van der Waals surface area contributed by atoms with Crippen molar-refractivity contribution >= 4 is 5.78 Å². The van der Waals surface area contributed by atoms with Gasteiger partial charge in [0.25, 0.3) is 0 Å². The summed E-state index contributed by atoms with van der Waals surface area (Å²) in [4.78, 5) is 14.2. The maximum atomic E-state index is 11.7. The molecule has 1 aliphatic heterocycles. The predicted molar refractivity (Wildman–Crippen MR) is 71.3 cm³/mol. The summed E-state index contributed by atoms with van der Waals surface area (Å²) in [7, 11) is 0. The minimum atomic E-state index is 0.398. The lowest BCUT2D eigenvalue weighted by Gasteiger charge is -2.67. The maximum absolute atomic E-state index is 11.7. The molecule has 2 heteroatoms. The van der Waals surface area contributed by atoms with Crippen molar-refractivity contribution in [3.05, 3.63) is 0 Å². The summed E-state index contributed by atoms with van der Waals surface area (Å²) in [6.07, 6.45) is 9.24. The Morgan fingerprint density at radius 2 is 1.72 bits per heavy atom. The third kappa shape index (κ3) is 1.47. The second-order valence-corrected chi connectivity index (χ2v) is 8.56. The molecule has 0 amide bonds. The zero-order valence-electron chi connectivity index (χ0n) is 11.8. The fourth-order valence-electron chi connectivity index (χ4n) is 6.78. The van der Waals surface area contributed by atoms with Crippen LogP contribution in [0.15, 0.2) is 0 Å². The van der Waals surface area contributed by atoms with Gasteiger partial charge in [0.1, 0.15) is 5.78 Å². The normalized spacial score (nSPS) is 55.4. The van der Waals surface area contributed by atoms with Crippen molar-refractivity contribution in [1.29, 1.82) is 0 Å². The van der Waals surface area contributed by atoms with E-state index in [1.54, 1.807) is 0 Å². The molecule has 4 aliphatic carbocycles. The molecule has 4 saturated carbocycles. The van der Waals surface area contributed by atoms with E-state index in [4.69, 9.17) is 0 Å². The van der Waals surface area contributed by atoms with Gasteiger partial charge in [0.15, 0.2) is 0 Å². The lowest BCUT2D eigenvalue weighted by atomic mass is 9.42. The van der Waals surface area contributed by atoms with Gasteiger partial charge in [0.05, 0.1) is 6.54 Å². The van der Waals surface area contributed by atoms with E-state index in [-0.39, 0.29) is 0 Å². The Labute approximate surface area is 110 Å². The third-order valence-corrected chi connectivity index (χ3v) is 6.30. The van der Waals surface area contributed by atoms with Crippen LogP contribution in [0.1, 0.15) is 58.8 Å². The van der Waals surface area contributed by atoms with Crippen LogP contribution in [0.3, 0.4) is 0 Å². The summed E-state index contributed by atoms with van der Waals surface area (Å²) in [5.41, 5.74) is 1.54. The predicted octanol–water partition coefficient (Wildman–Crippen LogP) is 3.01. The highest BCUT2D eigenvalue weighted by molar-refractivity contribution is 5.82. The van der Waals surface area contributed by atoms with Gasteiger partial charge in [-0.2, -0.15) is 0 Å². The fourth-order valence-corrected chi connectivity index (χ4v) is 6.78. The molecule has 4 bridgehead atoms. The second kappa shape index (κ2) is 3.20. The molecule has 5 aliphatic rings. The highest BCUT2D eigenvalue weighted by Gasteiger charge is 2.62. The molecule has 100 valence electrons.